The van der Waals surface area contributed by atoms with Gasteiger partial charge < -0.3 is 16.8 Å². The molecule has 1 saturated carbocycles. The minimum Gasteiger partial charge on any atom is -0.383 e. The Morgan fingerprint density at radius 1 is 1.22 bits per heavy atom. The molecule has 1 heterocycles. The Balaban J connectivity index is 1.81. The van der Waals surface area contributed by atoms with Crippen molar-refractivity contribution < 1.29 is 0 Å². The molecule has 0 aromatic carbocycles. The number of nitrogens with one attached hydrogen (secondary N) is 1. The average Bonchev–Trinajstić information content (AvgIpc) is 2.36. The lowest BCUT2D eigenvalue weighted by Crippen LogP contribution is -2.25. The number of hydrogen-bond donors (Lipinski definition) is 3. The lowest BCUT2D eigenvalue weighted by Gasteiger charge is -2.27. The predicted molar refractivity (Wildman–Crippen MR) is 74.4 cm³/mol. The number of hydrogen-bond acceptors (Lipinski definition) is 5. The van der Waals surface area contributed by atoms with E-state index in [0.717, 1.165) is 13.1 Å². The number of aromatic nitrogens is 2. The molecule has 0 saturated heterocycles. The van der Waals surface area contributed by atoms with E-state index in [1.54, 1.807) is 6.07 Å². The topological polar surface area (TPSA) is 89.8 Å². The molecule has 0 amide bonds. The largest absolute Gasteiger partial charge is 0.383 e. The van der Waals surface area contributed by atoms with Crippen molar-refractivity contribution in [2.24, 2.45) is 17.6 Å². The third-order valence-electron chi connectivity index (χ3n) is 3.56. The van der Waals surface area contributed by atoms with Gasteiger partial charge in [0.2, 0.25) is 5.95 Å². The smallest absolute Gasteiger partial charge is 0.226 e. The van der Waals surface area contributed by atoms with Crippen LogP contribution in [0, 0.1) is 11.8 Å². The van der Waals surface area contributed by atoms with Gasteiger partial charge in [-0.05, 0) is 44.1 Å². The highest BCUT2D eigenvalue weighted by molar-refractivity contribution is 6.29. The van der Waals surface area contributed by atoms with Crippen molar-refractivity contribution in [2.45, 2.75) is 25.7 Å². The highest BCUT2D eigenvalue weighted by Gasteiger charge is 2.20. The Morgan fingerprint density at radius 2 is 1.89 bits per heavy atom. The molecule has 2 rings (SSSR count). The van der Waals surface area contributed by atoms with Gasteiger partial charge in [-0.15, -0.1) is 0 Å². The maximum Gasteiger partial charge on any atom is 0.226 e. The van der Waals surface area contributed by atoms with Gasteiger partial charge in [-0.2, -0.15) is 4.98 Å². The van der Waals surface area contributed by atoms with Crippen molar-refractivity contribution >= 4 is 23.4 Å². The van der Waals surface area contributed by atoms with E-state index in [9.17, 15) is 0 Å². The third-order valence-corrected chi connectivity index (χ3v) is 3.76. The van der Waals surface area contributed by atoms with E-state index in [1.165, 1.54) is 25.7 Å². The highest BCUT2D eigenvalue weighted by Crippen LogP contribution is 2.28. The Labute approximate surface area is 112 Å². The Bertz CT molecular complexity index is 370. The molecule has 0 unspecified atom stereocenters. The number of nitrogens with two attached hydrogens (primary N) is 2. The highest BCUT2D eigenvalue weighted by atomic mass is 35.5. The monoisotopic (exact) mass is 269 g/mol. The average molecular weight is 270 g/mol. The maximum atomic E-state index is 5.82. The molecule has 0 radical (unpaired) electrons. The lowest BCUT2D eigenvalue weighted by molar-refractivity contribution is 0.289. The van der Waals surface area contributed by atoms with Crippen LogP contribution in [0.3, 0.4) is 0 Å². The molecular formula is C12H20ClN5. The fourth-order valence-corrected chi connectivity index (χ4v) is 2.61. The number of nitrogen functional groups attached to an aromatic ring is 1. The first-order valence-electron chi connectivity index (χ1n) is 6.41. The zero-order chi connectivity index (χ0) is 13.0. The van der Waals surface area contributed by atoms with Crippen LogP contribution < -0.4 is 16.8 Å². The minimum atomic E-state index is 0.372. The van der Waals surface area contributed by atoms with Crippen LogP contribution in [0.5, 0.6) is 0 Å². The molecule has 0 bridgehead atoms. The summed E-state index contributed by atoms with van der Waals surface area (Å²) in [6.07, 6.45) is 4.87. The van der Waals surface area contributed by atoms with E-state index in [-0.39, 0.29) is 0 Å². The van der Waals surface area contributed by atoms with Crippen molar-refractivity contribution in [2.75, 3.05) is 24.1 Å². The van der Waals surface area contributed by atoms with Crippen LogP contribution in [-0.2, 0) is 0 Å². The number of halogens is 1. The molecule has 1 aliphatic rings. The Hall–Kier alpha value is -1.07. The lowest BCUT2D eigenvalue weighted by atomic mass is 9.82. The van der Waals surface area contributed by atoms with E-state index < -0.39 is 0 Å². The third kappa shape index (κ3) is 3.71. The second-order valence-corrected chi connectivity index (χ2v) is 5.33. The van der Waals surface area contributed by atoms with Gasteiger partial charge in [0.25, 0.3) is 0 Å². The quantitative estimate of drug-likeness (QED) is 0.726. The molecule has 1 aliphatic carbocycles. The van der Waals surface area contributed by atoms with Gasteiger partial charge in [0, 0.05) is 12.6 Å². The predicted octanol–water partition coefficient (Wildman–Crippen LogP) is 1.89. The Kier molecular flexibility index (Phi) is 4.60. The number of rotatable bonds is 4. The maximum absolute atomic E-state index is 5.82. The van der Waals surface area contributed by atoms with Crippen molar-refractivity contribution in [1.82, 2.24) is 9.97 Å². The van der Waals surface area contributed by atoms with Gasteiger partial charge in [0.15, 0.2) is 0 Å². The molecule has 1 fully saturated rings. The molecular weight excluding hydrogens is 250 g/mol. The fourth-order valence-electron chi connectivity index (χ4n) is 2.42. The molecule has 6 heteroatoms. The minimum absolute atomic E-state index is 0.372. The summed E-state index contributed by atoms with van der Waals surface area (Å²) in [5.74, 6) is 2.28. The van der Waals surface area contributed by atoms with E-state index in [2.05, 4.69) is 15.3 Å². The summed E-state index contributed by atoms with van der Waals surface area (Å²) in [5.41, 5.74) is 11.3. The summed E-state index contributed by atoms with van der Waals surface area (Å²) in [4.78, 5) is 8.19. The number of nitrogens with zero attached hydrogens (tertiary/aromatic N) is 2. The van der Waals surface area contributed by atoms with Crippen molar-refractivity contribution in [3.8, 4) is 0 Å². The molecule has 5 nitrogen and oxygen atoms in total. The molecule has 1 aromatic heterocycles. The van der Waals surface area contributed by atoms with Gasteiger partial charge in [-0.3, -0.25) is 0 Å². The number of anilines is 2. The summed E-state index contributed by atoms with van der Waals surface area (Å²) < 4.78 is 0. The molecule has 0 spiro atoms. The van der Waals surface area contributed by atoms with E-state index in [0.29, 0.717) is 28.8 Å². The van der Waals surface area contributed by atoms with Crippen LogP contribution in [-0.4, -0.2) is 23.1 Å². The van der Waals surface area contributed by atoms with Gasteiger partial charge in [0.05, 0.1) is 0 Å². The molecule has 0 atom stereocenters. The molecule has 18 heavy (non-hydrogen) atoms. The van der Waals surface area contributed by atoms with Gasteiger partial charge in [-0.1, -0.05) is 11.6 Å². The van der Waals surface area contributed by atoms with Crippen LogP contribution in [0.1, 0.15) is 25.7 Å². The molecule has 100 valence electrons. The fraction of sp³-hybridized carbons (Fsp3) is 0.667. The molecule has 1 aromatic rings. The first kappa shape index (κ1) is 13.4. The van der Waals surface area contributed by atoms with Crippen LogP contribution in [0.25, 0.3) is 0 Å². The first-order chi connectivity index (χ1) is 8.67. The molecule has 5 N–H and O–H groups in total. The van der Waals surface area contributed by atoms with Gasteiger partial charge >= 0.3 is 0 Å². The van der Waals surface area contributed by atoms with E-state index in [4.69, 9.17) is 23.1 Å². The van der Waals surface area contributed by atoms with Crippen LogP contribution in [0.4, 0.5) is 11.8 Å². The normalized spacial score (nSPS) is 23.9. The van der Waals surface area contributed by atoms with Crippen LogP contribution >= 0.6 is 11.6 Å². The molecule has 0 aliphatic heterocycles. The van der Waals surface area contributed by atoms with Crippen LogP contribution in [0.15, 0.2) is 6.07 Å². The SMILES string of the molecule is NC[C@H]1CC[C@H](CNc2nc(N)cc(Cl)n2)CC1. The summed E-state index contributed by atoms with van der Waals surface area (Å²) >= 11 is 5.82. The standard InChI is InChI=1S/C12H20ClN5/c13-10-5-11(15)18-12(17-10)16-7-9-3-1-8(6-14)2-4-9/h5,8-9H,1-4,6-7,14H2,(H3,15,16,17,18)/t8-,9-. The second kappa shape index (κ2) is 6.20. The zero-order valence-corrected chi connectivity index (χ0v) is 11.2. The Morgan fingerprint density at radius 3 is 2.50 bits per heavy atom. The second-order valence-electron chi connectivity index (χ2n) is 4.94. The van der Waals surface area contributed by atoms with Crippen molar-refractivity contribution in [3.63, 3.8) is 0 Å². The summed E-state index contributed by atoms with van der Waals surface area (Å²) in [6, 6.07) is 1.54. The van der Waals surface area contributed by atoms with Gasteiger partial charge in [-0.25, -0.2) is 4.98 Å². The zero-order valence-electron chi connectivity index (χ0n) is 10.4. The summed E-state index contributed by atoms with van der Waals surface area (Å²) in [5, 5.41) is 3.58. The van der Waals surface area contributed by atoms with Crippen molar-refractivity contribution in [3.05, 3.63) is 11.2 Å². The van der Waals surface area contributed by atoms with Crippen LogP contribution in [0.2, 0.25) is 5.15 Å². The van der Waals surface area contributed by atoms with E-state index >= 15 is 0 Å². The van der Waals surface area contributed by atoms with E-state index in [1.807, 2.05) is 0 Å². The summed E-state index contributed by atoms with van der Waals surface area (Å²) in [7, 11) is 0. The first-order valence-corrected chi connectivity index (χ1v) is 6.79. The van der Waals surface area contributed by atoms with Gasteiger partial charge in [0.1, 0.15) is 11.0 Å². The summed E-state index contributed by atoms with van der Waals surface area (Å²) in [6.45, 7) is 1.69. The van der Waals surface area contributed by atoms with Crippen molar-refractivity contribution in [1.29, 1.82) is 0 Å².